The van der Waals surface area contributed by atoms with Crippen LogP contribution in [0.4, 0.5) is 9.59 Å². The Balaban J connectivity index is 4.10. The van der Waals surface area contributed by atoms with Crippen LogP contribution in [0.2, 0.25) is 0 Å². The Kier molecular flexibility index (Phi) is 13.7. The van der Waals surface area contributed by atoms with Crippen molar-refractivity contribution in [1.29, 1.82) is 0 Å². The summed E-state index contributed by atoms with van der Waals surface area (Å²) in [5.74, 6) is -1.40. The first kappa shape index (κ1) is 24.4. The van der Waals surface area contributed by atoms with Crippen LogP contribution in [0.15, 0.2) is 0 Å². The molecule has 9 nitrogen and oxygen atoms in total. The summed E-state index contributed by atoms with van der Waals surface area (Å²) in [4.78, 5) is 28.4. The summed E-state index contributed by atoms with van der Waals surface area (Å²) >= 11 is 0. The van der Waals surface area contributed by atoms with Gasteiger partial charge in [0, 0.05) is 27.2 Å². The number of alkyl carbamates (subject to hydrolysis) is 1. The molecule has 0 aliphatic rings. The average molecular weight is 378 g/mol. The van der Waals surface area contributed by atoms with E-state index in [0.29, 0.717) is 26.1 Å². The third kappa shape index (κ3) is 9.79. The molecular formula is C17H34N2O7. The van der Waals surface area contributed by atoms with Crippen LogP contribution in [-0.4, -0.2) is 64.2 Å². The lowest BCUT2D eigenvalue weighted by Crippen LogP contribution is -2.44. The van der Waals surface area contributed by atoms with Crippen LogP contribution in [0.1, 0.15) is 52.4 Å². The molecule has 0 heterocycles. The number of hydrogen-bond acceptors (Lipinski definition) is 7. The minimum absolute atomic E-state index is 0.362. The summed E-state index contributed by atoms with van der Waals surface area (Å²) in [5, 5.41) is 3.80. The number of carbonyl (C=O) groups excluding carboxylic acids is 2. The number of ether oxygens (including phenoxy) is 4. The van der Waals surface area contributed by atoms with Crippen molar-refractivity contribution in [2.24, 2.45) is 0 Å². The fourth-order valence-electron chi connectivity index (χ4n) is 2.28. The van der Waals surface area contributed by atoms with Crippen LogP contribution in [0.5, 0.6) is 0 Å². The molecule has 0 saturated heterocycles. The highest BCUT2D eigenvalue weighted by molar-refractivity contribution is 5.67. The van der Waals surface area contributed by atoms with Gasteiger partial charge in [0.25, 0.3) is 0 Å². The lowest BCUT2D eigenvalue weighted by molar-refractivity contribution is -0.346. The molecule has 0 aliphatic carbocycles. The maximum atomic E-state index is 12.2. The van der Waals surface area contributed by atoms with Gasteiger partial charge in [-0.25, -0.2) is 9.59 Å². The first-order valence-electron chi connectivity index (χ1n) is 9.04. The van der Waals surface area contributed by atoms with Crippen molar-refractivity contribution in [2.75, 3.05) is 41.0 Å². The zero-order chi connectivity index (χ0) is 19.8. The second-order valence-electron chi connectivity index (χ2n) is 5.56. The molecule has 0 aromatic carbocycles. The lowest BCUT2D eigenvalue weighted by atomic mass is 10.2. The van der Waals surface area contributed by atoms with Gasteiger partial charge in [-0.05, 0) is 26.2 Å². The van der Waals surface area contributed by atoms with E-state index in [1.54, 1.807) is 6.92 Å². The first-order chi connectivity index (χ1) is 12.5. The number of nitrogens with one attached hydrogen (secondary N) is 1. The Hall–Kier alpha value is -1.58. The smallest absolute Gasteiger partial charge is 0.438 e. The standard InChI is InChI=1S/C17H34N2O7/c1-6-12-17(22-3,23-4)26-16(21)19(24-5)14-11-9-8-10-13-18-15(20)25-7-2/h6-14H2,1-5H3,(H,18,20). The van der Waals surface area contributed by atoms with Gasteiger partial charge in [0.15, 0.2) is 0 Å². The molecule has 0 aromatic rings. The van der Waals surface area contributed by atoms with Gasteiger partial charge in [-0.3, -0.25) is 4.84 Å². The zero-order valence-electron chi connectivity index (χ0n) is 16.7. The molecule has 0 rings (SSSR count). The van der Waals surface area contributed by atoms with E-state index in [1.807, 2.05) is 6.92 Å². The third-order valence-corrected chi connectivity index (χ3v) is 3.68. The van der Waals surface area contributed by atoms with Crippen LogP contribution in [0, 0.1) is 0 Å². The number of unbranched alkanes of at least 4 members (excludes halogenated alkanes) is 3. The van der Waals surface area contributed by atoms with Crippen LogP contribution in [0.25, 0.3) is 0 Å². The fraction of sp³-hybridized carbons (Fsp3) is 0.882. The fourth-order valence-corrected chi connectivity index (χ4v) is 2.28. The molecule has 0 fully saturated rings. The highest BCUT2D eigenvalue weighted by Crippen LogP contribution is 2.21. The summed E-state index contributed by atoms with van der Waals surface area (Å²) in [6, 6.07) is 0. The normalized spacial score (nSPS) is 11.1. The van der Waals surface area contributed by atoms with Gasteiger partial charge in [0.2, 0.25) is 0 Å². The Morgan fingerprint density at radius 1 is 1.00 bits per heavy atom. The predicted molar refractivity (Wildman–Crippen MR) is 95.3 cm³/mol. The topological polar surface area (TPSA) is 95.6 Å². The molecule has 0 aliphatic heterocycles. The van der Waals surface area contributed by atoms with E-state index in [-0.39, 0.29) is 0 Å². The van der Waals surface area contributed by atoms with Crippen molar-refractivity contribution in [3.63, 3.8) is 0 Å². The van der Waals surface area contributed by atoms with Crippen LogP contribution in [-0.2, 0) is 23.8 Å². The maximum Gasteiger partial charge on any atom is 0.438 e. The van der Waals surface area contributed by atoms with Crippen molar-refractivity contribution in [3.05, 3.63) is 0 Å². The highest BCUT2D eigenvalue weighted by atomic mass is 16.9. The Bertz CT molecular complexity index is 389. The molecule has 9 heteroatoms. The highest BCUT2D eigenvalue weighted by Gasteiger charge is 2.35. The number of rotatable bonds is 14. The predicted octanol–water partition coefficient (Wildman–Crippen LogP) is 3.04. The molecule has 0 saturated carbocycles. The van der Waals surface area contributed by atoms with E-state index in [2.05, 4.69) is 5.32 Å². The van der Waals surface area contributed by atoms with Crippen molar-refractivity contribution >= 4 is 12.2 Å². The van der Waals surface area contributed by atoms with Crippen molar-refractivity contribution in [1.82, 2.24) is 10.4 Å². The van der Waals surface area contributed by atoms with Crippen molar-refractivity contribution in [2.45, 2.75) is 58.3 Å². The van der Waals surface area contributed by atoms with Crippen LogP contribution >= 0.6 is 0 Å². The lowest BCUT2D eigenvalue weighted by Gasteiger charge is -2.31. The molecule has 2 amide bonds. The Morgan fingerprint density at radius 2 is 1.65 bits per heavy atom. The van der Waals surface area contributed by atoms with Crippen molar-refractivity contribution in [3.8, 4) is 0 Å². The van der Waals surface area contributed by atoms with Gasteiger partial charge < -0.3 is 24.3 Å². The number of nitrogens with zero attached hydrogens (tertiary/aromatic N) is 1. The molecule has 0 spiro atoms. The Labute approximate surface area is 156 Å². The zero-order valence-corrected chi connectivity index (χ0v) is 16.7. The number of methoxy groups -OCH3 is 2. The molecule has 26 heavy (non-hydrogen) atoms. The largest absolute Gasteiger partial charge is 0.450 e. The van der Waals surface area contributed by atoms with Gasteiger partial charge in [-0.1, -0.05) is 19.8 Å². The second-order valence-corrected chi connectivity index (χ2v) is 5.56. The quantitative estimate of drug-likeness (QED) is 0.282. The monoisotopic (exact) mass is 378 g/mol. The number of carbonyl (C=O) groups is 2. The number of amides is 2. The molecule has 0 bridgehead atoms. The average Bonchev–Trinajstić information content (AvgIpc) is 2.63. The second kappa shape index (κ2) is 14.6. The van der Waals surface area contributed by atoms with Gasteiger partial charge >= 0.3 is 18.2 Å². The summed E-state index contributed by atoms with van der Waals surface area (Å²) in [6.07, 6.45) is 3.45. The SMILES string of the molecule is CCCC(OC)(OC)OC(=O)N(CCCCCCNC(=O)OCC)OC. The summed E-state index contributed by atoms with van der Waals surface area (Å²) in [5.41, 5.74) is 0. The molecule has 154 valence electrons. The van der Waals surface area contributed by atoms with E-state index in [1.165, 1.54) is 21.3 Å². The van der Waals surface area contributed by atoms with E-state index in [4.69, 9.17) is 23.8 Å². The summed E-state index contributed by atoms with van der Waals surface area (Å²) in [7, 11) is 4.26. The summed E-state index contributed by atoms with van der Waals surface area (Å²) < 4.78 is 20.5. The van der Waals surface area contributed by atoms with Gasteiger partial charge in [-0.15, -0.1) is 0 Å². The minimum atomic E-state index is -1.40. The van der Waals surface area contributed by atoms with Crippen LogP contribution in [0.3, 0.4) is 0 Å². The van der Waals surface area contributed by atoms with Crippen molar-refractivity contribution < 1.29 is 33.4 Å². The molecule has 0 atom stereocenters. The third-order valence-electron chi connectivity index (χ3n) is 3.68. The summed E-state index contributed by atoms with van der Waals surface area (Å²) in [6.45, 7) is 5.01. The molecule has 0 aromatic heterocycles. The van der Waals surface area contributed by atoms with Gasteiger partial charge in [0.1, 0.15) is 0 Å². The number of hydroxylamine groups is 2. The van der Waals surface area contributed by atoms with E-state index in [9.17, 15) is 9.59 Å². The van der Waals surface area contributed by atoms with E-state index < -0.39 is 18.2 Å². The maximum absolute atomic E-state index is 12.2. The first-order valence-corrected chi connectivity index (χ1v) is 9.04. The number of hydrogen-bond donors (Lipinski definition) is 1. The van der Waals surface area contributed by atoms with Gasteiger partial charge in [-0.2, -0.15) is 5.06 Å². The molecule has 1 N–H and O–H groups in total. The molecule has 0 radical (unpaired) electrons. The minimum Gasteiger partial charge on any atom is -0.450 e. The van der Waals surface area contributed by atoms with Crippen LogP contribution < -0.4 is 5.32 Å². The van der Waals surface area contributed by atoms with E-state index in [0.717, 1.165) is 37.2 Å². The van der Waals surface area contributed by atoms with E-state index >= 15 is 0 Å². The van der Waals surface area contributed by atoms with Gasteiger partial charge in [0.05, 0.1) is 20.3 Å². The molecule has 0 unspecified atom stereocenters. The Morgan fingerprint density at radius 3 is 2.19 bits per heavy atom. The molecular weight excluding hydrogens is 344 g/mol.